The molecule has 0 amide bonds. The van der Waals surface area contributed by atoms with Crippen molar-refractivity contribution in [3.63, 3.8) is 0 Å². The minimum atomic E-state index is -1.70. The number of nitrogens with zero attached hydrogens (tertiary/aromatic N) is 2. The second-order valence-corrected chi connectivity index (χ2v) is 10.5. The Kier molecular flexibility index (Phi) is 4.27. The fourth-order valence-electron chi connectivity index (χ4n) is 1.07. The Bertz CT molecular complexity index is 374. The summed E-state index contributed by atoms with van der Waals surface area (Å²) in [6.07, 6.45) is 1.75. The molecule has 0 spiro atoms. The standard InChI is InChI=1S/C12H23N3OSi/c1-12(2,3)17(5,6)16-9-10-7-8-14-11(13-4)15-10/h7-8H,9H2,1-6H3,(H,13,14,15). The summed E-state index contributed by atoms with van der Waals surface area (Å²) in [6.45, 7) is 11.8. The molecule has 5 heteroatoms. The molecule has 1 N–H and O–H groups in total. The SMILES string of the molecule is CNc1nccc(CO[Si](C)(C)C(C)(C)C)n1. The van der Waals surface area contributed by atoms with Crippen LogP contribution in [0.3, 0.4) is 0 Å². The highest BCUT2D eigenvalue weighted by Crippen LogP contribution is 2.36. The molecule has 0 saturated carbocycles. The first-order valence-corrected chi connectivity index (χ1v) is 8.81. The van der Waals surface area contributed by atoms with Gasteiger partial charge in [-0.3, -0.25) is 0 Å². The van der Waals surface area contributed by atoms with E-state index in [1.807, 2.05) is 13.1 Å². The van der Waals surface area contributed by atoms with E-state index in [4.69, 9.17) is 4.43 Å². The van der Waals surface area contributed by atoms with Crippen LogP contribution in [0.4, 0.5) is 5.95 Å². The molecule has 4 nitrogen and oxygen atoms in total. The van der Waals surface area contributed by atoms with Crippen molar-refractivity contribution in [2.24, 2.45) is 0 Å². The first kappa shape index (κ1) is 14.1. The van der Waals surface area contributed by atoms with Gasteiger partial charge in [-0.1, -0.05) is 20.8 Å². The van der Waals surface area contributed by atoms with Gasteiger partial charge in [-0.2, -0.15) is 0 Å². The van der Waals surface area contributed by atoms with Gasteiger partial charge in [0.2, 0.25) is 5.95 Å². The maximum absolute atomic E-state index is 6.10. The van der Waals surface area contributed by atoms with Crippen molar-refractivity contribution in [1.82, 2.24) is 9.97 Å². The van der Waals surface area contributed by atoms with Crippen molar-refractivity contribution >= 4 is 14.3 Å². The van der Waals surface area contributed by atoms with Crippen LogP contribution < -0.4 is 5.32 Å². The molecule has 1 heterocycles. The van der Waals surface area contributed by atoms with Crippen LogP contribution in [0.25, 0.3) is 0 Å². The molecule has 1 aromatic rings. The van der Waals surface area contributed by atoms with Gasteiger partial charge in [-0.05, 0) is 24.2 Å². The van der Waals surface area contributed by atoms with Crippen molar-refractivity contribution in [3.8, 4) is 0 Å². The summed E-state index contributed by atoms with van der Waals surface area (Å²) in [5.41, 5.74) is 0.925. The van der Waals surface area contributed by atoms with Gasteiger partial charge in [0.15, 0.2) is 8.32 Å². The Morgan fingerprint density at radius 1 is 1.35 bits per heavy atom. The lowest BCUT2D eigenvalue weighted by Crippen LogP contribution is -2.40. The van der Waals surface area contributed by atoms with E-state index in [0.29, 0.717) is 12.6 Å². The molecular weight excluding hydrogens is 230 g/mol. The Balaban J connectivity index is 2.67. The van der Waals surface area contributed by atoms with Gasteiger partial charge < -0.3 is 9.74 Å². The molecule has 1 aromatic heterocycles. The van der Waals surface area contributed by atoms with E-state index < -0.39 is 8.32 Å². The van der Waals surface area contributed by atoms with Crippen molar-refractivity contribution in [1.29, 1.82) is 0 Å². The van der Waals surface area contributed by atoms with Gasteiger partial charge in [-0.15, -0.1) is 0 Å². The van der Waals surface area contributed by atoms with Gasteiger partial charge >= 0.3 is 0 Å². The topological polar surface area (TPSA) is 47.0 Å². The van der Waals surface area contributed by atoms with E-state index in [1.54, 1.807) is 6.20 Å². The highest BCUT2D eigenvalue weighted by atomic mass is 28.4. The summed E-state index contributed by atoms with van der Waals surface area (Å²) in [5.74, 6) is 0.640. The van der Waals surface area contributed by atoms with Gasteiger partial charge in [0, 0.05) is 13.2 Å². The van der Waals surface area contributed by atoms with Crippen molar-refractivity contribution in [3.05, 3.63) is 18.0 Å². The number of hydrogen-bond donors (Lipinski definition) is 1. The molecule has 0 saturated heterocycles. The Hall–Kier alpha value is -0.943. The van der Waals surface area contributed by atoms with E-state index in [2.05, 4.69) is 49.1 Å². The Morgan fingerprint density at radius 2 is 2.00 bits per heavy atom. The molecule has 1 rings (SSSR count). The molecule has 0 atom stereocenters. The van der Waals surface area contributed by atoms with E-state index in [0.717, 1.165) is 5.69 Å². The zero-order valence-electron chi connectivity index (χ0n) is 11.7. The average Bonchev–Trinajstić information content (AvgIpc) is 2.25. The fourth-order valence-corrected chi connectivity index (χ4v) is 2.01. The second-order valence-electron chi connectivity index (χ2n) is 5.67. The molecule has 17 heavy (non-hydrogen) atoms. The van der Waals surface area contributed by atoms with Crippen LogP contribution >= 0.6 is 0 Å². The molecule has 0 bridgehead atoms. The van der Waals surface area contributed by atoms with Crippen LogP contribution in [0.1, 0.15) is 26.5 Å². The molecule has 0 radical (unpaired) electrons. The molecule has 0 aromatic carbocycles. The number of aromatic nitrogens is 2. The van der Waals surface area contributed by atoms with Crippen molar-refractivity contribution < 1.29 is 4.43 Å². The maximum atomic E-state index is 6.10. The second kappa shape index (κ2) is 5.14. The lowest BCUT2D eigenvalue weighted by Gasteiger charge is -2.36. The van der Waals surface area contributed by atoms with Crippen molar-refractivity contribution in [2.75, 3.05) is 12.4 Å². The number of hydrogen-bond acceptors (Lipinski definition) is 4. The van der Waals surface area contributed by atoms with E-state index >= 15 is 0 Å². The number of rotatable bonds is 4. The molecule has 0 unspecified atom stereocenters. The highest BCUT2D eigenvalue weighted by molar-refractivity contribution is 6.74. The van der Waals surface area contributed by atoms with Crippen LogP contribution in [0, 0.1) is 0 Å². The Labute approximate surface area is 105 Å². The van der Waals surface area contributed by atoms with Gasteiger partial charge in [0.05, 0.1) is 12.3 Å². The minimum Gasteiger partial charge on any atom is -0.411 e. The summed E-state index contributed by atoms with van der Waals surface area (Å²) >= 11 is 0. The van der Waals surface area contributed by atoms with Crippen LogP contribution in [0.2, 0.25) is 18.1 Å². The molecule has 0 aliphatic carbocycles. The average molecular weight is 253 g/mol. The van der Waals surface area contributed by atoms with Crippen LogP contribution in [-0.4, -0.2) is 25.3 Å². The quantitative estimate of drug-likeness (QED) is 0.838. The summed E-state index contributed by atoms with van der Waals surface area (Å²) in [7, 11) is 0.117. The highest BCUT2D eigenvalue weighted by Gasteiger charge is 2.37. The number of anilines is 1. The first-order chi connectivity index (χ1) is 7.76. The zero-order valence-corrected chi connectivity index (χ0v) is 12.7. The largest absolute Gasteiger partial charge is 0.411 e. The summed E-state index contributed by atoms with van der Waals surface area (Å²) < 4.78 is 6.10. The molecule has 0 aliphatic heterocycles. The normalized spacial score (nSPS) is 12.6. The molecule has 0 aliphatic rings. The maximum Gasteiger partial charge on any atom is 0.222 e. The minimum absolute atomic E-state index is 0.228. The van der Waals surface area contributed by atoms with Crippen LogP contribution in [0.15, 0.2) is 12.3 Å². The third-order valence-electron chi connectivity index (χ3n) is 3.32. The van der Waals surface area contributed by atoms with Crippen LogP contribution in [-0.2, 0) is 11.0 Å². The van der Waals surface area contributed by atoms with E-state index in [-0.39, 0.29) is 5.04 Å². The van der Waals surface area contributed by atoms with Gasteiger partial charge in [0.1, 0.15) is 0 Å². The molecule has 0 fully saturated rings. The van der Waals surface area contributed by atoms with Gasteiger partial charge in [-0.25, -0.2) is 9.97 Å². The van der Waals surface area contributed by atoms with Crippen LogP contribution in [0.5, 0.6) is 0 Å². The lowest BCUT2D eigenvalue weighted by molar-refractivity contribution is 0.272. The molecule has 96 valence electrons. The van der Waals surface area contributed by atoms with E-state index in [1.165, 1.54) is 0 Å². The monoisotopic (exact) mass is 253 g/mol. The fraction of sp³-hybridized carbons (Fsp3) is 0.667. The third kappa shape index (κ3) is 3.78. The smallest absolute Gasteiger partial charge is 0.222 e. The lowest BCUT2D eigenvalue weighted by atomic mass is 10.2. The predicted molar refractivity (Wildman–Crippen MR) is 73.6 cm³/mol. The molecular formula is C12H23N3OSi. The summed E-state index contributed by atoms with van der Waals surface area (Å²) in [4.78, 5) is 8.44. The van der Waals surface area contributed by atoms with Gasteiger partial charge in [0.25, 0.3) is 0 Å². The first-order valence-electron chi connectivity index (χ1n) is 5.90. The third-order valence-corrected chi connectivity index (χ3v) is 7.80. The summed E-state index contributed by atoms with van der Waals surface area (Å²) in [5, 5.41) is 3.16. The zero-order chi connectivity index (χ0) is 13.1. The van der Waals surface area contributed by atoms with E-state index in [9.17, 15) is 0 Å². The predicted octanol–water partition coefficient (Wildman–Crippen LogP) is 3.04. The van der Waals surface area contributed by atoms with Crippen molar-refractivity contribution in [2.45, 2.75) is 45.5 Å². The summed E-state index contributed by atoms with van der Waals surface area (Å²) in [6, 6.07) is 1.90. The number of nitrogens with one attached hydrogen (secondary N) is 1. The Morgan fingerprint density at radius 3 is 2.53 bits per heavy atom.